The third kappa shape index (κ3) is 3.92. The van der Waals surface area contributed by atoms with Gasteiger partial charge in [-0.15, -0.1) is 0 Å². The van der Waals surface area contributed by atoms with Crippen molar-refractivity contribution in [3.63, 3.8) is 0 Å². The van der Waals surface area contributed by atoms with Crippen molar-refractivity contribution in [3.05, 3.63) is 59.7 Å². The van der Waals surface area contributed by atoms with E-state index in [1.807, 2.05) is 36.4 Å². The van der Waals surface area contributed by atoms with E-state index in [9.17, 15) is 4.79 Å². The minimum Gasteiger partial charge on any atom is -0.466 e. The van der Waals surface area contributed by atoms with Gasteiger partial charge in [0.2, 0.25) is 0 Å². The number of carbonyl (C=O) groups excluding carboxylic acids is 1. The Balaban J connectivity index is 2.12. The first-order chi connectivity index (χ1) is 10.1. The number of nitrogens with two attached hydrogens (primary N) is 1. The van der Waals surface area contributed by atoms with Crippen LogP contribution in [0.4, 0.5) is 0 Å². The SMILES string of the molecule is CCOC(=O)C[C@H](N)c1ccc(-c2ccccc2C)cc1. The fourth-order valence-electron chi connectivity index (χ4n) is 2.32. The Kier molecular flexibility index (Phi) is 5.12. The van der Waals surface area contributed by atoms with Crippen molar-refractivity contribution < 1.29 is 9.53 Å². The van der Waals surface area contributed by atoms with E-state index in [2.05, 4.69) is 19.1 Å². The predicted octanol–water partition coefficient (Wildman–Crippen LogP) is 3.62. The molecule has 0 radical (unpaired) electrons. The van der Waals surface area contributed by atoms with E-state index in [0.29, 0.717) is 6.61 Å². The maximum Gasteiger partial charge on any atom is 0.307 e. The number of benzene rings is 2. The zero-order chi connectivity index (χ0) is 15.2. The van der Waals surface area contributed by atoms with Crippen LogP contribution in [0.3, 0.4) is 0 Å². The molecule has 0 aliphatic carbocycles. The van der Waals surface area contributed by atoms with E-state index >= 15 is 0 Å². The Morgan fingerprint density at radius 2 is 1.81 bits per heavy atom. The quantitative estimate of drug-likeness (QED) is 0.853. The molecule has 2 aromatic rings. The van der Waals surface area contributed by atoms with E-state index in [1.165, 1.54) is 11.1 Å². The van der Waals surface area contributed by atoms with Gasteiger partial charge in [-0.1, -0.05) is 48.5 Å². The molecule has 0 aliphatic rings. The van der Waals surface area contributed by atoms with Gasteiger partial charge in [-0.25, -0.2) is 0 Å². The van der Waals surface area contributed by atoms with Gasteiger partial charge in [0.25, 0.3) is 0 Å². The molecule has 1 atom stereocenters. The molecule has 0 aliphatic heterocycles. The smallest absolute Gasteiger partial charge is 0.307 e. The molecule has 110 valence electrons. The number of carbonyl (C=O) groups is 1. The van der Waals surface area contributed by atoms with Crippen LogP contribution >= 0.6 is 0 Å². The molecule has 3 heteroatoms. The summed E-state index contributed by atoms with van der Waals surface area (Å²) in [6.45, 7) is 4.27. The Morgan fingerprint density at radius 3 is 2.43 bits per heavy atom. The van der Waals surface area contributed by atoms with Gasteiger partial charge in [-0.3, -0.25) is 4.79 Å². The maximum atomic E-state index is 11.5. The highest BCUT2D eigenvalue weighted by Crippen LogP contribution is 2.25. The lowest BCUT2D eigenvalue weighted by Crippen LogP contribution is -2.17. The molecule has 0 bridgehead atoms. The Morgan fingerprint density at radius 1 is 1.14 bits per heavy atom. The lowest BCUT2D eigenvalue weighted by molar-refractivity contribution is -0.143. The lowest BCUT2D eigenvalue weighted by atomic mass is 9.97. The second kappa shape index (κ2) is 7.04. The summed E-state index contributed by atoms with van der Waals surface area (Å²) in [6, 6.07) is 16.0. The monoisotopic (exact) mass is 283 g/mol. The summed E-state index contributed by atoms with van der Waals surface area (Å²) < 4.78 is 4.92. The van der Waals surface area contributed by atoms with Crippen molar-refractivity contribution in [2.24, 2.45) is 5.73 Å². The van der Waals surface area contributed by atoms with Crippen LogP contribution in [0.5, 0.6) is 0 Å². The number of aryl methyl sites for hydroxylation is 1. The molecule has 2 N–H and O–H groups in total. The van der Waals surface area contributed by atoms with Crippen LogP contribution in [0, 0.1) is 6.92 Å². The molecule has 0 unspecified atom stereocenters. The first kappa shape index (κ1) is 15.3. The van der Waals surface area contributed by atoms with Crippen molar-refractivity contribution in [1.82, 2.24) is 0 Å². The molecule has 0 amide bonds. The average molecular weight is 283 g/mol. The van der Waals surface area contributed by atoms with Gasteiger partial charge in [-0.2, -0.15) is 0 Å². The summed E-state index contributed by atoms with van der Waals surface area (Å²) in [4.78, 5) is 11.5. The highest BCUT2D eigenvalue weighted by molar-refractivity contribution is 5.71. The van der Waals surface area contributed by atoms with Gasteiger partial charge in [-0.05, 0) is 36.1 Å². The molecule has 3 nitrogen and oxygen atoms in total. The third-order valence-corrected chi connectivity index (χ3v) is 3.49. The van der Waals surface area contributed by atoms with Crippen molar-refractivity contribution in [1.29, 1.82) is 0 Å². The number of ether oxygens (including phenoxy) is 1. The second-order valence-electron chi connectivity index (χ2n) is 5.05. The van der Waals surface area contributed by atoms with Crippen LogP contribution < -0.4 is 5.73 Å². The number of esters is 1. The fourth-order valence-corrected chi connectivity index (χ4v) is 2.32. The normalized spacial score (nSPS) is 12.0. The summed E-state index contributed by atoms with van der Waals surface area (Å²) >= 11 is 0. The van der Waals surface area contributed by atoms with Crippen molar-refractivity contribution in [2.75, 3.05) is 6.61 Å². The number of hydrogen-bond donors (Lipinski definition) is 1. The van der Waals surface area contributed by atoms with Gasteiger partial charge in [0.15, 0.2) is 0 Å². The summed E-state index contributed by atoms with van der Waals surface area (Å²) in [5, 5.41) is 0. The molecule has 0 saturated carbocycles. The number of hydrogen-bond acceptors (Lipinski definition) is 3. The van der Waals surface area contributed by atoms with Gasteiger partial charge in [0, 0.05) is 6.04 Å². The standard InChI is InChI=1S/C18H21NO2/c1-3-21-18(20)12-17(19)15-10-8-14(9-11-15)16-7-5-4-6-13(16)2/h4-11,17H,3,12,19H2,1-2H3/t17-/m0/s1. The molecule has 0 heterocycles. The van der Waals surface area contributed by atoms with Gasteiger partial charge in [0.1, 0.15) is 0 Å². The van der Waals surface area contributed by atoms with Gasteiger partial charge < -0.3 is 10.5 Å². The number of rotatable bonds is 5. The molecule has 0 aromatic heterocycles. The van der Waals surface area contributed by atoms with E-state index in [1.54, 1.807) is 6.92 Å². The first-order valence-electron chi connectivity index (χ1n) is 7.19. The Bertz CT molecular complexity index is 605. The molecular weight excluding hydrogens is 262 g/mol. The minimum absolute atomic E-state index is 0.206. The molecular formula is C18H21NO2. The minimum atomic E-state index is -0.324. The lowest BCUT2D eigenvalue weighted by Gasteiger charge is -2.12. The molecule has 21 heavy (non-hydrogen) atoms. The van der Waals surface area contributed by atoms with Crippen molar-refractivity contribution >= 4 is 5.97 Å². The summed E-state index contributed by atoms with van der Waals surface area (Å²) in [5.41, 5.74) is 10.6. The topological polar surface area (TPSA) is 52.3 Å². The first-order valence-corrected chi connectivity index (χ1v) is 7.19. The molecule has 0 saturated heterocycles. The second-order valence-corrected chi connectivity index (χ2v) is 5.05. The molecule has 0 fully saturated rings. The van der Waals surface area contributed by atoms with Gasteiger partial charge in [0.05, 0.1) is 13.0 Å². The summed E-state index contributed by atoms with van der Waals surface area (Å²) in [6.07, 6.45) is 0.206. The Hall–Kier alpha value is -2.13. The summed E-state index contributed by atoms with van der Waals surface area (Å²) in [7, 11) is 0. The zero-order valence-corrected chi connectivity index (χ0v) is 12.5. The van der Waals surface area contributed by atoms with Crippen LogP contribution in [0.2, 0.25) is 0 Å². The maximum absolute atomic E-state index is 11.5. The molecule has 0 spiro atoms. The largest absolute Gasteiger partial charge is 0.466 e. The van der Waals surface area contributed by atoms with Crippen LogP contribution in [-0.2, 0) is 9.53 Å². The third-order valence-electron chi connectivity index (χ3n) is 3.49. The van der Waals surface area contributed by atoms with Crippen LogP contribution in [0.1, 0.15) is 30.5 Å². The van der Waals surface area contributed by atoms with Crippen molar-refractivity contribution in [2.45, 2.75) is 26.3 Å². The highest BCUT2D eigenvalue weighted by Gasteiger charge is 2.12. The predicted molar refractivity (Wildman–Crippen MR) is 84.8 cm³/mol. The zero-order valence-electron chi connectivity index (χ0n) is 12.5. The van der Waals surface area contributed by atoms with Crippen molar-refractivity contribution in [3.8, 4) is 11.1 Å². The van der Waals surface area contributed by atoms with E-state index in [0.717, 1.165) is 11.1 Å². The van der Waals surface area contributed by atoms with E-state index in [-0.39, 0.29) is 18.4 Å². The average Bonchev–Trinajstić information content (AvgIpc) is 2.48. The Labute approximate surface area is 125 Å². The van der Waals surface area contributed by atoms with Crippen LogP contribution in [-0.4, -0.2) is 12.6 Å². The molecule has 2 aromatic carbocycles. The molecule has 2 rings (SSSR count). The van der Waals surface area contributed by atoms with Gasteiger partial charge >= 0.3 is 5.97 Å². The summed E-state index contributed by atoms with van der Waals surface area (Å²) in [5.74, 6) is -0.256. The van der Waals surface area contributed by atoms with Crippen LogP contribution in [0.25, 0.3) is 11.1 Å². The van der Waals surface area contributed by atoms with E-state index in [4.69, 9.17) is 10.5 Å². The van der Waals surface area contributed by atoms with E-state index < -0.39 is 0 Å². The highest BCUT2D eigenvalue weighted by atomic mass is 16.5. The van der Waals surface area contributed by atoms with Crippen LogP contribution in [0.15, 0.2) is 48.5 Å². The fraction of sp³-hybridized carbons (Fsp3) is 0.278.